The van der Waals surface area contributed by atoms with Crippen LogP contribution in [-0.2, 0) is 0 Å². The van der Waals surface area contributed by atoms with Crippen LogP contribution in [0.5, 0.6) is 0 Å². The van der Waals surface area contributed by atoms with Crippen molar-refractivity contribution in [2.24, 2.45) is 0 Å². The Balaban J connectivity index is 3.11. The lowest BCUT2D eigenvalue weighted by molar-refractivity contribution is 0.205. The average Bonchev–Trinajstić information content (AvgIpc) is 2.10. The van der Waals surface area contributed by atoms with E-state index in [9.17, 15) is 5.11 Å². The van der Waals surface area contributed by atoms with Gasteiger partial charge in [-0.1, -0.05) is 68.0 Å². The summed E-state index contributed by atoms with van der Waals surface area (Å²) in [6, 6.07) is 0. The molecule has 1 unspecified atom stereocenters. The quantitative estimate of drug-likeness (QED) is 0.644. The van der Waals surface area contributed by atoms with Gasteiger partial charge in [-0.25, -0.2) is 0 Å². The fraction of sp³-hybridized carbons (Fsp3) is 0.818. The van der Waals surface area contributed by atoms with Crippen molar-refractivity contribution >= 4 is 15.9 Å². The van der Waals surface area contributed by atoms with Gasteiger partial charge < -0.3 is 5.11 Å². The predicted octanol–water partition coefficient (Wildman–Crippen LogP) is 4.01. The minimum atomic E-state index is -0.355. The molecule has 0 heterocycles. The van der Waals surface area contributed by atoms with E-state index in [1.165, 1.54) is 32.1 Å². The van der Waals surface area contributed by atoms with Crippen LogP contribution < -0.4 is 0 Å². The van der Waals surface area contributed by atoms with Crippen molar-refractivity contribution < 1.29 is 5.11 Å². The van der Waals surface area contributed by atoms with E-state index in [1.54, 1.807) is 0 Å². The molecular formula is C11H21BrO. The van der Waals surface area contributed by atoms with Gasteiger partial charge in [0.15, 0.2) is 0 Å². The monoisotopic (exact) mass is 248 g/mol. The molecule has 0 amide bonds. The molecule has 0 spiro atoms. The summed E-state index contributed by atoms with van der Waals surface area (Å²) in [7, 11) is 0. The smallest absolute Gasteiger partial charge is 0.0848 e. The summed E-state index contributed by atoms with van der Waals surface area (Å²) >= 11 is 3.19. The first kappa shape index (κ1) is 13.2. The van der Waals surface area contributed by atoms with Crippen molar-refractivity contribution in [1.82, 2.24) is 0 Å². The van der Waals surface area contributed by atoms with Crippen molar-refractivity contribution in [2.45, 2.75) is 58.0 Å². The number of hydrogen-bond donors (Lipinski definition) is 1. The molecule has 78 valence electrons. The van der Waals surface area contributed by atoms with Crippen LogP contribution in [0.4, 0.5) is 0 Å². The first-order valence-electron chi connectivity index (χ1n) is 5.20. The van der Waals surface area contributed by atoms with Crippen LogP contribution in [0.3, 0.4) is 0 Å². The standard InChI is InChI=1S/C11H21BrO/c1-3-4-5-6-7-8-9-11(13)10(2)12/h11,13H,2-9H2,1H3. The normalized spacial score (nSPS) is 12.8. The van der Waals surface area contributed by atoms with Gasteiger partial charge in [0.1, 0.15) is 0 Å². The highest BCUT2D eigenvalue weighted by Gasteiger charge is 2.04. The number of aliphatic hydroxyl groups excluding tert-OH is 1. The fourth-order valence-corrected chi connectivity index (χ4v) is 1.50. The Morgan fingerprint density at radius 2 is 1.77 bits per heavy atom. The third-order valence-electron chi connectivity index (χ3n) is 2.19. The summed E-state index contributed by atoms with van der Waals surface area (Å²) in [5.74, 6) is 0. The van der Waals surface area contributed by atoms with Crippen LogP contribution in [0.2, 0.25) is 0 Å². The molecule has 0 bridgehead atoms. The van der Waals surface area contributed by atoms with Crippen LogP contribution in [-0.4, -0.2) is 11.2 Å². The Morgan fingerprint density at radius 3 is 2.31 bits per heavy atom. The molecule has 1 atom stereocenters. The van der Waals surface area contributed by atoms with Crippen molar-refractivity contribution in [2.75, 3.05) is 0 Å². The van der Waals surface area contributed by atoms with E-state index < -0.39 is 0 Å². The first-order valence-corrected chi connectivity index (χ1v) is 6.00. The van der Waals surface area contributed by atoms with E-state index in [0.29, 0.717) is 4.48 Å². The Labute approximate surface area is 90.4 Å². The number of aliphatic hydroxyl groups is 1. The molecular weight excluding hydrogens is 228 g/mol. The van der Waals surface area contributed by atoms with Crippen LogP contribution >= 0.6 is 15.9 Å². The van der Waals surface area contributed by atoms with Crippen molar-refractivity contribution in [3.63, 3.8) is 0 Å². The van der Waals surface area contributed by atoms with E-state index in [2.05, 4.69) is 29.4 Å². The number of rotatable bonds is 8. The van der Waals surface area contributed by atoms with Gasteiger partial charge in [0.25, 0.3) is 0 Å². The highest BCUT2D eigenvalue weighted by atomic mass is 79.9. The van der Waals surface area contributed by atoms with Gasteiger partial charge in [0.2, 0.25) is 0 Å². The molecule has 0 aromatic carbocycles. The fourth-order valence-electron chi connectivity index (χ4n) is 1.27. The second-order valence-corrected chi connectivity index (χ2v) is 4.54. The molecule has 0 aromatic rings. The molecule has 0 radical (unpaired) electrons. The lowest BCUT2D eigenvalue weighted by Crippen LogP contribution is -2.04. The van der Waals surface area contributed by atoms with Gasteiger partial charge in [0, 0.05) is 4.48 Å². The summed E-state index contributed by atoms with van der Waals surface area (Å²) in [5, 5.41) is 9.38. The molecule has 0 saturated heterocycles. The first-order chi connectivity index (χ1) is 6.18. The van der Waals surface area contributed by atoms with E-state index in [-0.39, 0.29) is 6.10 Å². The molecule has 0 aliphatic carbocycles. The average molecular weight is 249 g/mol. The molecule has 0 saturated carbocycles. The molecule has 0 aliphatic rings. The highest BCUT2D eigenvalue weighted by molar-refractivity contribution is 9.11. The van der Waals surface area contributed by atoms with Gasteiger partial charge in [-0.15, -0.1) is 0 Å². The maximum atomic E-state index is 9.38. The van der Waals surface area contributed by atoms with Crippen molar-refractivity contribution in [3.05, 3.63) is 11.1 Å². The van der Waals surface area contributed by atoms with Crippen LogP contribution in [0.1, 0.15) is 51.9 Å². The summed E-state index contributed by atoms with van der Waals surface area (Å²) in [6.07, 6.45) is 8.10. The van der Waals surface area contributed by atoms with Crippen LogP contribution in [0.25, 0.3) is 0 Å². The Morgan fingerprint density at radius 1 is 1.23 bits per heavy atom. The van der Waals surface area contributed by atoms with E-state index in [1.807, 2.05) is 0 Å². The van der Waals surface area contributed by atoms with Crippen molar-refractivity contribution in [3.8, 4) is 0 Å². The largest absolute Gasteiger partial charge is 0.388 e. The molecule has 13 heavy (non-hydrogen) atoms. The molecule has 0 fully saturated rings. The molecule has 1 nitrogen and oxygen atoms in total. The Bertz CT molecular complexity index is 134. The zero-order valence-corrected chi connectivity index (χ0v) is 10.1. The second-order valence-electron chi connectivity index (χ2n) is 3.52. The van der Waals surface area contributed by atoms with Crippen molar-refractivity contribution in [1.29, 1.82) is 0 Å². The van der Waals surface area contributed by atoms with E-state index in [0.717, 1.165) is 12.8 Å². The lowest BCUT2D eigenvalue weighted by atomic mass is 10.1. The number of halogens is 1. The van der Waals surface area contributed by atoms with Crippen LogP contribution in [0, 0.1) is 0 Å². The van der Waals surface area contributed by atoms with Gasteiger partial charge in [-0.3, -0.25) is 0 Å². The third-order valence-corrected chi connectivity index (χ3v) is 2.72. The molecule has 1 N–H and O–H groups in total. The van der Waals surface area contributed by atoms with Gasteiger partial charge in [0.05, 0.1) is 6.10 Å². The lowest BCUT2D eigenvalue weighted by Gasteiger charge is -2.07. The van der Waals surface area contributed by atoms with Gasteiger partial charge >= 0.3 is 0 Å². The molecule has 0 aromatic heterocycles. The summed E-state index contributed by atoms with van der Waals surface area (Å²) in [5.41, 5.74) is 0. The summed E-state index contributed by atoms with van der Waals surface area (Å²) in [4.78, 5) is 0. The SMILES string of the molecule is C=C(Br)C(O)CCCCCCCC. The molecule has 0 aliphatic heterocycles. The predicted molar refractivity (Wildman–Crippen MR) is 62.1 cm³/mol. The number of unbranched alkanes of at least 4 members (excludes halogenated alkanes) is 5. The maximum Gasteiger partial charge on any atom is 0.0848 e. The summed E-state index contributed by atoms with van der Waals surface area (Å²) in [6.45, 7) is 5.87. The van der Waals surface area contributed by atoms with Gasteiger partial charge in [-0.05, 0) is 6.42 Å². The number of hydrogen-bond acceptors (Lipinski definition) is 1. The van der Waals surface area contributed by atoms with Gasteiger partial charge in [-0.2, -0.15) is 0 Å². The minimum Gasteiger partial charge on any atom is -0.388 e. The zero-order chi connectivity index (χ0) is 10.1. The summed E-state index contributed by atoms with van der Waals surface area (Å²) < 4.78 is 0.709. The molecule has 0 rings (SSSR count). The minimum absolute atomic E-state index is 0.355. The maximum absolute atomic E-state index is 9.38. The third kappa shape index (κ3) is 8.51. The second kappa shape index (κ2) is 8.76. The highest BCUT2D eigenvalue weighted by Crippen LogP contribution is 2.15. The topological polar surface area (TPSA) is 20.2 Å². The van der Waals surface area contributed by atoms with E-state index >= 15 is 0 Å². The zero-order valence-electron chi connectivity index (χ0n) is 8.56. The Kier molecular flexibility index (Phi) is 8.89. The molecule has 2 heteroatoms. The Hall–Kier alpha value is 0.180. The van der Waals surface area contributed by atoms with E-state index in [4.69, 9.17) is 0 Å². The van der Waals surface area contributed by atoms with Crippen LogP contribution in [0.15, 0.2) is 11.1 Å².